The van der Waals surface area contributed by atoms with Crippen LogP contribution in [0.4, 0.5) is 0 Å². The van der Waals surface area contributed by atoms with Gasteiger partial charge in [0, 0.05) is 18.7 Å². The molecule has 0 fully saturated rings. The maximum Gasteiger partial charge on any atom is 0.253 e. The molecule has 0 aliphatic carbocycles. The predicted octanol–water partition coefficient (Wildman–Crippen LogP) is 3.31. The fourth-order valence-electron chi connectivity index (χ4n) is 2.03. The van der Waals surface area contributed by atoms with E-state index in [0.717, 1.165) is 13.1 Å². The van der Waals surface area contributed by atoms with Crippen molar-refractivity contribution in [1.82, 2.24) is 4.90 Å². The smallest absolute Gasteiger partial charge is 0.253 e. The molecule has 102 valence electrons. The van der Waals surface area contributed by atoms with Crippen molar-refractivity contribution in [2.24, 2.45) is 11.8 Å². The molecule has 0 aliphatic rings. The van der Waals surface area contributed by atoms with E-state index in [-0.39, 0.29) is 5.91 Å². The first-order valence-corrected chi connectivity index (χ1v) is 6.73. The van der Waals surface area contributed by atoms with Crippen LogP contribution in [-0.4, -0.2) is 23.9 Å². The summed E-state index contributed by atoms with van der Waals surface area (Å²) in [6.45, 7) is 9.90. The molecule has 0 heterocycles. The molecule has 0 N–H and O–H groups in total. The second-order valence-corrected chi connectivity index (χ2v) is 5.69. The predicted molar refractivity (Wildman–Crippen MR) is 76.7 cm³/mol. The zero-order valence-electron chi connectivity index (χ0n) is 12.2. The van der Waals surface area contributed by atoms with Crippen molar-refractivity contribution >= 4 is 5.91 Å². The highest BCUT2D eigenvalue weighted by atomic mass is 16.2. The first-order chi connectivity index (χ1) is 8.93. The van der Waals surface area contributed by atoms with E-state index < -0.39 is 0 Å². The number of carbonyl (C=O) groups is 1. The van der Waals surface area contributed by atoms with Gasteiger partial charge >= 0.3 is 0 Å². The Morgan fingerprint density at radius 1 is 1.21 bits per heavy atom. The minimum absolute atomic E-state index is 0.0134. The quantitative estimate of drug-likeness (QED) is 0.813. The van der Waals surface area contributed by atoms with Crippen LogP contribution in [-0.2, 0) is 0 Å². The number of rotatable bonds is 5. The van der Waals surface area contributed by atoms with E-state index in [1.54, 1.807) is 24.3 Å². The molecular formula is C16H22N2O. The van der Waals surface area contributed by atoms with Gasteiger partial charge in [0.1, 0.15) is 0 Å². The third-order valence-corrected chi connectivity index (χ3v) is 2.70. The molecule has 0 aliphatic heterocycles. The number of amides is 1. The summed E-state index contributed by atoms with van der Waals surface area (Å²) in [5, 5.41) is 8.90. The standard InChI is InChI=1S/C16H22N2O/c1-12(2)10-18(11-13(3)4)16(19)15-7-5-6-14(8-15)9-17/h5-8,12-13H,10-11H2,1-4H3. The van der Waals surface area contributed by atoms with Gasteiger partial charge in [-0.2, -0.15) is 5.26 Å². The fourth-order valence-corrected chi connectivity index (χ4v) is 2.03. The summed E-state index contributed by atoms with van der Waals surface area (Å²) in [5.41, 5.74) is 1.13. The molecule has 0 spiro atoms. The first-order valence-electron chi connectivity index (χ1n) is 6.73. The number of nitriles is 1. The van der Waals surface area contributed by atoms with Crippen molar-refractivity contribution in [2.45, 2.75) is 27.7 Å². The van der Waals surface area contributed by atoms with Crippen LogP contribution < -0.4 is 0 Å². The minimum atomic E-state index is 0.0134. The lowest BCUT2D eigenvalue weighted by Gasteiger charge is -2.26. The molecule has 0 aromatic heterocycles. The lowest BCUT2D eigenvalue weighted by molar-refractivity contribution is 0.0715. The van der Waals surface area contributed by atoms with Crippen LogP contribution in [0.15, 0.2) is 24.3 Å². The first kappa shape index (κ1) is 15.2. The number of nitrogens with zero attached hydrogens (tertiary/aromatic N) is 2. The summed E-state index contributed by atoms with van der Waals surface area (Å²) in [6.07, 6.45) is 0. The lowest BCUT2D eigenvalue weighted by Crippen LogP contribution is -2.37. The van der Waals surface area contributed by atoms with Gasteiger partial charge in [-0.15, -0.1) is 0 Å². The molecule has 0 bridgehead atoms. The van der Waals surface area contributed by atoms with Crippen LogP contribution in [0.25, 0.3) is 0 Å². The van der Waals surface area contributed by atoms with E-state index in [0.29, 0.717) is 23.0 Å². The SMILES string of the molecule is CC(C)CN(CC(C)C)C(=O)c1cccc(C#N)c1. The summed E-state index contributed by atoms with van der Waals surface area (Å²) in [4.78, 5) is 14.4. The van der Waals surface area contributed by atoms with E-state index in [4.69, 9.17) is 5.26 Å². The van der Waals surface area contributed by atoms with E-state index in [9.17, 15) is 4.79 Å². The Morgan fingerprint density at radius 3 is 2.26 bits per heavy atom. The van der Waals surface area contributed by atoms with E-state index in [1.165, 1.54) is 0 Å². The number of carbonyl (C=O) groups excluding carboxylic acids is 1. The van der Waals surface area contributed by atoms with Crippen molar-refractivity contribution in [3.05, 3.63) is 35.4 Å². The van der Waals surface area contributed by atoms with Crippen LogP contribution in [0.2, 0.25) is 0 Å². The molecule has 1 rings (SSSR count). The number of hydrogen-bond acceptors (Lipinski definition) is 2. The van der Waals surface area contributed by atoms with Crippen LogP contribution in [0.3, 0.4) is 0 Å². The Labute approximate surface area is 115 Å². The van der Waals surface area contributed by atoms with Crippen LogP contribution in [0.5, 0.6) is 0 Å². The Morgan fingerprint density at radius 2 is 1.79 bits per heavy atom. The van der Waals surface area contributed by atoms with Crippen LogP contribution >= 0.6 is 0 Å². The average molecular weight is 258 g/mol. The highest BCUT2D eigenvalue weighted by molar-refractivity contribution is 5.94. The number of benzene rings is 1. The molecule has 1 aromatic carbocycles. The largest absolute Gasteiger partial charge is 0.338 e. The van der Waals surface area contributed by atoms with E-state index >= 15 is 0 Å². The van der Waals surface area contributed by atoms with E-state index in [2.05, 4.69) is 33.8 Å². The minimum Gasteiger partial charge on any atom is -0.338 e. The topological polar surface area (TPSA) is 44.1 Å². The molecular weight excluding hydrogens is 236 g/mol. The molecule has 0 saturated heterocycles. The lowest BCUT2D eigenvalue weighted by atomic mass is 10.1. The van der Waals surface area contributed by atoms with Gasteiger partial charge in [-0.05, 0) is 30.0 Å². The van der Waals surface area contributed by atoms with Crippen molar-refractivity contribution in [1.29, 1.82) is 5.26 Å². The zero-order valence-corrected chi connectivity index (χ0v) is 12.2. The average Bonchev–Trinajstić information content (AvgIpc) is 2.36. The van der Waals surface area contributed by atoms with Crippen LogP contribution in [0.1, 0.15) is 43.6 Å². The van der Waals surface area contributed by atoms with Crippen LogP contribution in [0, 0.1) is 23.2 Å². The molecule has 19 heavy (non-hydrogen) atoms. The van der Waals surface area contributed by atoms with Gasteiger partial charge in [0.15, 0.2) is 0 Å². The van der Waals surface area contributed by atoms with Crippen molar-refractivity contribution in [3.63, 3.8) is 0 Å². The van der Waals surface area contributed by atoms with Gasteiger partial charge in [-0.25, -0.2) is 0 Å². The third-order valence-electron chi connectivity index (χ3n) is 2.70. The van der Waals surface area contributed by atoms with Crippen molar-refractivity contribution < 1.29 is 4.79 Å². The highest BCUT2D eigenvalue weighted by Crippen LogP contribution is 2.12. The third kappa shape index (κ3) is 4.75. The molecule has 0 radical (unpaired) electrons. The van der Waals surface area contributed by atoms with Gasteiger partial charge < -0.3 is 4.90 Å². The van der Waals surface area contributed by atoms with Crippen molar-refractivity contribution in [3.8, 4) is 6.07 Å². The van der Waals surface area contributed by atoms with Crippen molar-refractivity contribution in [2.75, 3.05) is 13.1 Å². The van der Waals surface area contributed by atoms with Gasteiger partial charge in [-0.3, -0.25) is 4.79 Å². The monoisotopic (exact) mass is 258 g/mol. The highest BCUT2D eigenvalue weighted by Gasteiger charge is 2.18. The molecule has 1 aromatic rings. The molecule has 3 heteroatoms. The molecule has 0 unspecified atom stereocenters. The second kappa shape index (κ2) is 6.94. The fraction of sp³-hybridized carbons (Fsp3) is 0.500. The van der Waals surface area contributed by atoms with Gasteiger partial charge in [0.2, 0.25) is 0 Å². The maximum atomic E-state index is 12.5. The normalized spacial score (nSPS) is 10.6. The zero-order chi connectivity index (χ0) is 14.4. The Hall–Kier alpha value is -1.82. The Balaban J connectivity index is 2.94. The summed E-state index contributed by atoms with van der Waals surface area (Å²) in [5.74, 6) is 0.878. The Bertz CT molecular complexity index is 462. The summed E-state index contributed by atoms with van der Waals surface area (Å²) in [6, 6.07) is 8.98. The molecule has 1 amide bonds. The summed E-state index contributed by atoms with van der Waals surface area (Å²) >= 11 is 0. The summed E-state index contributed by atoms with van der Waals surface area (Å²) < 4.78 is 0. The van der Waals surface area contributed by atoms with Gasteiger partial charge in [0.25, 0.3) is 5.91 Å². The molecule has 0 saturated carbocycles. The molecule has 0 atom stereocenters. The maximum absolute atomic E-state index is 12.5. The summed E-state index contributed by atoms with van der Waals surface area (Å²) in [7, 11) is 0. The second-order valence-electron chi connectivity index (χ2n) is 5.69. The van der Waals surface area contributed by atoms with E-state index in [1.807, 2.05) is 4.90 Å². The number of hydrogen-bond donors (Lipinski definition) is 0. The van der Waals surface area contributed by atoms with Gasteiger partial charge in [-0.1, -0.05) is 33.8 Å². The Kier molecular flexibility index (Phi) is 5.57. The van der Waals surface area contributed by atoms with Gasteiger partial charge in [0.05, 0.1) is 11.6 Å². The molecule has 3 nitrogen and oxygen atoms in total.